The first-order valence-electron chi connectivity index (χ1n) is 6.29. The van der Waals surface area contributed by atoms with Crippen LogP contribution in [0.1, 0.15) is 32.0 Å². The van der Waals surface area contributed by atoms with Gasteiger partial charge in [0, 0.05) is 17.8 Å². The molecule has 0 radical (unpaired) electrons. The fraction of sp³-hybridized carbons (Fsp3) is 0.312. The monoisotopic (exact) mass is 275 g/mol. The maximum absolute atomic E-state index is 5.98. The number of ether oxygens (including phenoxy) is 1. The van der Waals surface area contributed by atoms with Crippen LogP contribution in [0.15, 0.2) is 42.6 Å². The zero-order valence-corrected chi connectivity index (χ0v) is 12.2. The van der Waals surface area contributed by atoms with Gasteiger partial charge in [-0.3, -0.25) is 4.98 Å². The highest BCUT2D eigenvalue weighted by molar-refractivity contribution is 6.16. The second-order valence-electron chi connectivity index (χ2n) is 5.46. The van der Waals surface area contributed by atoms with Crippen LogP contribution >= 0.6 is 11.6 Å². The number of hydrogen-bond acceptors (Lipinski definition) is 2. The summed E-state index contributed by atoms with van der Waals surface area (Å²) in [6, 6.07) is 11.8. The summed E-state index contributed by atoms with van der Waals surface area (Å²) in [5.74, 6) is 2.03. The molecular formula is C16H18ClNO. The van der Waals surface area contributed by atoms with E-state index >= 15 is 0 Å². The number of pyridine rings is 1. The van der Waals surface area contributed by atoms with Crippen LogP contribution < -0.4 is 4.74 Å². The first-order chi connectivity index (χ1) is 9.00. The topological polar surface area (TPSA) is 22.1 Å². The number of halogens is 1. The van der Waals surface area contributed by atoms with Crippen molar-refractivity contribution in [1.29, 1.82) is 0 Å². The summed E-state index contributed by atoms with van der Waals surface area (Å²) in [6.45, 7) is 6.52. The van der Waals surface area contributed by atoms with E-state index in [0.29, 0.717) is 5.88 Å². The number of nitrogens with zero attached hydrogens (tertiary/aromatic N) is 1. The molecule has 0 spiro atoms. The molecule has 0 saturated heterocycles. The molecule has 1 aromatic heterocycles. The first kappa shape index (κ1) is 13.9. The lowest BCUT2D eigenvalue weighted by Crippen LogP contribution is -2.12. The van der Waals surface area contributed by atoms with Crippen LogP contribution in [0.3, 0.4) is 0 Å². The van der Waals surface area contributed by atoms with Gasteiger partial charge in [0.05, 0.1) is 11.6 Å². The van der Waals surface area contributed by atoms with Gasteiger partial charge in [-0.25, -0.2) is 0 Å². The second kappa shape index (κ2) is 5.62. The van der Waals surface area contributed by atoms with E-state index in [2.05, 4.69) is 31.8 Å². The van der Waals surface area contributed by atoms with E-state index in [1.807, 2.05) is 30.3 Å². The van der Waals surface area contributed by atoms with E-state index in [1.165, 1.54) is 5.56 Å². The third-order valence-corrected chi connectivity index (χ3v) is 3.12. The maximum Gasteiger partial charge on any atom is 0.131 e. The van der Waals surface area contributed by atoms with Gasteiger partial charge in [-0.1, -0.05) is 39.0 Å². The second-order valence-corrected chi connectivity index (χ2v) is 5.73. The summed E-state index contributed by atoms with van der Waals surface area (Å²) in [5, 5.41) is 0. The predicted octanol–water partition coefficient (Wildman–Crippen LogP) is 4.91. The number of alkyl halides is 1. The van der Waals surface area contributed by atoms with Gasteiger partial charge in [0.1, 0.15) is 11.5 Å². The van der Waals surface area contributed by atoms with E-state index in [0.717, 1.165) is 17.2 Å². The van der Waals surface area contributed by atoms with Crippen LogP contribution in [-0.4, -0.2) is 4.98 Å². The molecule has 1 heterocycles. The Morgan fingerprint density at radius 2 is 1.89 bits per heavy atom. The minimum absolute atomic E-state index is 0.0406. The fourth-order valence-corrected chi connectivity index (χ4v) is 2.04. The molecule has 0 saturated carbocycles. The molecule has 2 rings (SSSR count). The third-order valence-electron chi connectivity index (χ3n) is 2.85. The van der Waals surface area contributed by atoms with Crippen LogP contribution in [0.5, 0.6) is 11.5 Å². The van der Waals surface area contributed by atoms with Crippen molar-refractivity contribution in [2.75, 3.05) is 0 Å². The van der Waals surface area contributed by atoms with Gasteiger partial charge in [0.25, 0.3) is 0 Å². The lowest BCUT2D eigenvalue weighted by molar-refractivity contribution is 0.454. The fourth-order valence-electron chi connectivity index (χ4n) is 1.89. The molecule has 3 heteroatoms. The lowest BCUT2D eigenvalue weighted by atomic mass is 9.86. The Bertz CT molecular complexity index is 561. The summed E-state index contributed by atoms with van der Waals surface area (Å²) in [6.07, 6.45) is 1.72. The van der Waals surface area contributed by atoms with Gasteiger partial charge < -0.3 is 4.74 Å². The predicted molar refractivity (Wildman–Crippen MR) is 79.0 cm³/mol. The first-order valence-corrected chi connectivity index (χ1v) is 6.82. The van der Waals surface area contributed by atoms with Crippen molar-refractivity contribution in [3.8, 4) is 11.5 Å². The Kier molecular flexibility index (Phi) is 4.11. The standard InChI is InChI=1S/C16H18ClNO/c1-16(2,3)14-6-4-5-7-15(14)19-13-8-9-18-12(10-13)11-17/h4-10H,11H2,1-3H3. The quantitative estimate of drug-likeness (QED) is 0.743. The van der Waals surface area contributed by atoms with Crippen molar-refractivity contribution in [3.63, 3.8) is 0 Å². The lowest BCUT2D eigenvalue weighted by Gasteiger charge is -2.22. The Hall–Kier alpha value is -1.54. The van der Waals surface area contributed by atoms with Crippen molar-refractivity contribution in [1.82, 2.24) is 4.98 Å². The zero-order chi connectivity index (χ0) is 13.9. The molecule has 19 heavy (non-hydrogen) atoms. The number of benzene rings is 1. The number of rotatable bonds is 3. The highest BCUT2D eigenvalue weighted by Crippen LogP contribution is 2.33. The normalized spacial score (nSPS) is 11.4. The van der Waals surface area contributed by atoms with E-state index < -0.39 is 0 Å². The molecule has 0 aliphatic rings. The molecule has 0 aliphatic carbocycles. The van der Waals surface area contributed by atoms with Crippen LogP contribution in [0.2, 0.25) is 0 Å². The molecule has 0 fully saturated rings. The van der Waals surface area contributed by atoms with Gasteiger partial charge in [-0.2, -0.15) is 0 Å². The molecule has 0 aliphatic heterocycles. The summed E-state index contributed by atoms with van der Waals surface area (Å²) in [5.41, 5.74) is 2.03. The summed E-state index contributed by atoms with van der Waals surface area (Å²) >= 11 is 5.79. The summed E-state index contributed by atoms with van der Waals surface area (Å²) in [4.78, 5) is 4.16. The SMILES string of the molecule is CC(C)(C)c1ccccc1Oc1ccnc(CCl)c1. The van der Waals surface area contributed by atoms with Gasteiger partial charge >= 0.3 is 0 Å². The third kappa shape index (κ3) is 3.48. The Balaban J connectivity index is 2.33. The molecule has 1 aromatic carbocycles. The summed E-state index contributed by atoms with van der Waals surface area (Å²) in [7, 11) is 0. The van der Waals surface area contributed by atoms with Crippen molar-refractivity contribution in [3.05, 3.63) is 53.9 Å². The highest BCUT2D eigenvalue weighted by atomic mass is 35.5. The van der Waals surface area contributed by atoms with E-state index in [4.69, 9.17) is 16.3 Å². The summed E-state index contributed by atoms with van der Waals surface area (Å²) < 4.78 is 5.98. The van der Waals surface area contributed by atoms with Gasteiger partial charge in [-0.05, 0) is 17.5 Å². The van der Waals surface area contributed by atoms with E-state index in [1.54, 1.807) is 6.20 Å². The van der Waals surface area contributed by atoms with Gasteiger partial charge in [-0.15, -0.1) is 11.6 Å². The smallest absolute Gasteiger partial charge is 0.131 e. The molecular weight excluding hydrogens is 258 g/mol. The minimum atomic E-state index is 0.0406. The van der Waals surface area contributed by atoms with Crippen LogP contribution in [0, 0.1) is 0 Å². The molecule has 0 unspecified atom stereocenters. The van der Waals surface area contributed by atoms with Crippen molar-refractivity contribution in [2.24, 2.45) is 0 Å². The van der Waals surface area contributed by atoms with Crippen LogP contribution in [-0.2, 0) is 11.3 Å². The van der Waals surface area contributed by atoms with Crippen molar-refractivity contribution in [2.45, 2.75) is 32.1 Å². The minimum Gasteiger partial charge on any atom is -0.457 e. The maximum atomic E-state index is 5.98. The van der Waals surface area contributed by atoms with Gasteiger partial charge in [0.15, 0.2) is 0 Å². The highest BCUT2D eigenvalue weighted by Gasteiger charge is 2.18. The zero-order valence-electron chi connectivity index (χ0n) is 11.5. The van der Waals surface area contributed by atoms with Crippen molar-refractivity contribution >= 4 is 11.6 Å². The Morgan fingerprint density at radius 3 is 2.58 bits per heavy atom. The average molecular weight is 276 g/mol. The molecule has 0 bridgehead atoms. The molecule has 0 N–H and O–H groups in total. The van der Waals surface area contributed by atoms with Crippen LogP contribution in [0.25, 0.3) is 0 Å². The molecule has 2 aromatic rings. The Morgan fingerprint density at radius 1 is 1.16 bits per heavy atom. The number of hydrogen-bond donors (Lipinski definition) is 0. The molecule has 2 nitrogen and oxygen atoms in total. The number of aromatic nitrogens is 1. The Labute approximate surface area is 119 Å². The van der Waals surface area contributed by atoms with E-state index in [9.17, 15) is 0 Å². The van der Waals surface area contributed by atoms with Gasteiger partial charge in [0.2, 0.25) is 0 Å². The molecule has 100 valence electrons. The van der Waals surface area contributed by atoms with Crippen LogP contribution in [0.4, 0.5) is 0 Å². The molecule has 0 atom stereocenters. The van der Waals surface area contributed by atoms with E-state index in [-0.39, 0.29) is 5.41 Å². The number of para-hydroxylation sites is 1. The average Bonchev–Trinajstić information content (AvgIpc) is 2.38. The largest absolute Gasteiger partial charge is 0.457 e. The molecule has 0 amide bonds. The van der Waals surface area contributed by atoms with Crippen molar-refractivity contribution < 1.29 is 4.74 Å².